The van der Waals surface area contributed by atoms with Gasteiger partial charge in [0.2, 0.25) is 5.82 Å². The quantitative estimate of drug-likeness (QED) is 0.497. The Balaban J connectivity index is 1.56. The van der Waals surface area contributed by atoms with Crippen molar-refractivity contribution < 1.29 is 23.9 Å². The van der Waals surface area contributed by atoms with Crippen LogP contribution in [0.5, 0.6) is 5.75 Å². The summed E-state index contributed by atoms with van der Waals surface area (Å²) >= 11 is 0. The molecule has 0 radical (unpaired) electrons. The minimum atomic E-state index is -0.971. The summed E-state index contributed by atoms with van der Waals surface area (Å²) in [5.74, 6) is 1.02. The van der Waals surface area contributed by atoms with E-state index in [9.17, 15) is 9.90 Å². The first kappa shape index (κ1) is 22.5. The van der Waals surface area contributed by atoms with Crippen LogP contribution in [0.3, 0.4) is 0 Å². The monoisotopic (exact) mass is 424 g/mol. The zero-order valence-corrected chi connectivity index (χ0v) is 18.2. The zero-order valence-electron chi connectivity index (χ0n) is 18.2. The summed E-state index contributed by atoms with van der Waals surface area (Å²) in [5.41, 5.74) is 2.97. The van der Waals surface area contributed by atoms with Crippen LogP contribution in [0.2, 0.25) is 0 Å². The van der Waals surface area contributed by atoms with E-state index in [4.69, 9.17) is 14.0 Å². The van der Waals surface area contributed by atoms with Gasteiger partial charge in [-0.3, -0.25) is 0 Å². The van der Waals surface area contributed by atoms with Gasteiger partial charge in [-0.25, -0.2) is 4.79 Å². The number of hydrogen-bond acceptors (Lipinski definition) is 6. The number of aliphatic carboxylic acids is 1. The number of nitrogens with zero attached hydrogens (tertiary/aromatic N) is 2. The average molecular weight is 424 g/mol. The minimum absolute atomic E-state index is 0.156. The van der Waals surface area contributed by atoms with Gasteiger partial charge in [0.15, 0.2) is 12.7 Å². The van der Waals surface area contributed by atoms with E-state index in [1.165, 1.54) is 5.56 Å². The third-order valence-electron chi connectivity index (χ3n) is 4.72. The Morgan fingerprint density at radius 2 is 1.71 bits per heavy atom. The molecule has 0 saturated heterocycles. The molecule has 0 amide bonds. The van der Waals surface area contributed by atoms with Crippen LogP contribution in [0.15, 0.2) is 53.1 Å². The van der Waals surface area contributed by atoms with Gasteiger partial charge in [0, 0.05) is 12.0 Å². The molecule has 0 aliphatic rings. The molecular formula is C24H28N2O5. The van der Waals surface area contributed by atoms with Gasteiger partial charge >= 0.3 is 5.97 Å². The van der Waals surface area contributed by atoms with Gasteiger partial charge in [-0.05, 0) is 55.2 Å². The van der Waals surface area contributed by atoms with Gasteiger partial charge in [-0.1, -0.05) is 43.3 Å². The lowest BCUT2D eigenvalue weighted by Crippen LogP contribution is -2.29. The lowest BCUT2D eigenvalue weighted by molar-refractivity contribution is -0.153. The summed E-state index contributed by atoms with van der Waals surface area (Å²) in [6, 6.07) is 15.3. The Morgan fingerprint density at radius 1 is 1.03 bits per heavy atom. The molecule has 31 heavy (non-hydrogen) atoms. The molecule has 1 aromatic heterocycles. The third-order valence-corrected chi connectivity index (χ3v) is 4.72. The van der Waals surface area contributed by atoms with E-state index in [2.05, 4.69) is 36.1 Å². The van der Waals surface area contributed by atoms with E-state index in [-0.39, 0.29) is 19.1 Å². The molecule has 0 aliphatic carbocycles. The van der Waals surface area contributed by atoms with Gasteiger partial charge in [0.05, 0.1) is 6.10 Å². The largest absolute Gasteiger partial charge is 0.485 e. The molecule has 1 heterocycles. The Labute approximate surface area is 182 Å². The maximum atomic E-state index is 11.3. The first-order valence-electron chi connectivity index (χ1n) is 10.3. The predicted octanol–water partition coefficient (Wildman–Crippen LogP) is 4.86. The van der Waals surface area contributed by atoms with Crippen LogP contribution in [0.4, 0.5) is 0 Å². The number of ether oxygens (including phenoxy) is 2. The zero-order chi connectivity index (χ0) is 22.4. The Hall–Kier alpha value is -3.19. The van der Waals surface area contributed by atoms with Crippen molar-refractivity contribution in [2.24, 2.45) is 0 Å². The second-order valence-electron chi connectivity index (χ2n) is 7.94. The molecule has 1 N–H and O–H groups in total. The van der Waals surface area contributed by atoms with E-state index < -0.39 is 12.1 Å². The summed E-state index contributed by atoms with van der Waals surface area (Å²) in [5, 5.41) is 13.3. The molecule has 164 valence electrons. The van der Waals surface area contributed by atoms with Gasteiger partial charge < -0.3 is 19.1 Å². The highest BCUT2D eigenvalue weighted by molar-refractivity contribution is 5.72. The van der Waals surface area contributed by atoms with Crippen molar-refractivity contribution in [1.29, 1.82) is 0 Å². The summed E-state index contributed by atoms with van der Waals surface area (Å²) in [6.07, 6.45) is -0.742. The van der Waals surface area contributed by atoms with E-state index in [1.54, 1.807) is 12.1 Å². The topological polar surface area (TPSA) is 94.7 Å². The molecule has 0 saturated carbocycles. The number of carbonyl (C=O) groups is 1. The smallest absolute Gasteiger partial charge is 0.333 e. The molecule has 0 aliphatic heterocycles. The summed E-state index contributed by atoms with van der Waals surface area (Å²) in [7, 11) is 0. The fourth-order valence-corrected chi connectivity index (χ4v) is 3.05. The van der Waals surface area contributed by atoms with Crippen LogP contribution in [-0.4, -0.2) is 33.4 Å². The second-order valence-corrected chi connectivity index (χ2v) is 7.94. The lowest BCUT2D eigenvalue weighted by atomic mass is 10.0. The summed E-state index contributed by atoms with van der Waals surface area (Å²) < 4.78 is 16.5. The van der Waals surface area contributed by atoms with Crippen molar-refractivity contribution in [3.63, 3.8) is 0 Å². The first-order valence-corrected chi connectivity index (χ1v) is 10.3. The van der Waals surface area contributed by atoms with E-state index in [0.29, 0.717) is 23.4 Å². The fraction of sp³-hybridized carbons (Fsp3) is 0.375. The van der Waals surface area contributed by atoms with Crippen LogP contribution in [-0.2, 0) is 22.6 Å². The highest BCUT2D eigenvalue weighted by atomic mass is 16.5. The predicted molar refractivity (Wildman–Crippen MR) is 116 cm³/mol. The highest BCUT2D eigenvalue weighted by Crippen LogP contribution is 2.22. The van der Waals surface area contributed by atoms with E-state index in [0.717, 1.165) is 11.1 Å². The highest BCUT2D eigenvalue weighted by Gasteiger charge is 2.20. The van der Waals surface area contributed by atoms with E-state index in [1.807, 2.05) is 38.1 Å². The number of benzene rings is 2. The van der Waals surface area contributed by atoms with Gasteiger partial charge in [-0.15, -0.1) is 0 Å². The van der Waals surface area contributed by atoms with Crippen molar-refractivity contribution in [1.82, 2.24) is 10.1 Å². The summed E-state index contributed by atoms with van der Waals surface area (Å²) in [4.78, 5) is 15.7. The second kappa shape index (κ2) is 10.2. The molecule has 0 bridgehead atoms. The van der Waals surface area contributed by atoms with Crippen LogP contribution >= 0.6 is 0 Å². The molecular weight excluding hydrogens is 396 g/mol. The van der Waals surface area contributed by atoms with Gasteiger partial charge in [0.25, 0.3) is 5.89 Å². The molecule has 3 aromatic rings. The number of carboxylic acids is 1. The van der Waals surface area contributed by atoms with Crippen molar-refractivity contribution >= 4 is 5.97 Å². The van der Waals surface area contributed by atoms with Gasteiger partial charge in [0.1, 0.15) is 5.75 Å². The van der Waals surface area contributed by atoms with Crippen LogP contribution in [0.1, 0.15) is 50.6 Å². The first-order chi connectivity index (χ1) is 14.8. The molecule has 0 unspecified atom stereocenters. The fourth-order valence-electron chi connectivity index (χ4n) is 3.05. The van der Waals surface area contributed by atoms with Crippen LogP contribution in [0.25, 0.3) is 11.5 Å². The number of carboxylic acid groups (broad SMARTS) is 1. The molecule has 1 atom stereocenters. The maximum absolute atomic E-state index is 11.3. The third kappa shape index (κ3) is 6.39. The standard InChI is InChI=1S/C24H28N2O5/c1-15(2)18-7-9-19(10-8-18)23-25-22(26-31-23)14-29-20-11-5-17(6-12-20)13-21(24(27)28)30-16(3)4/h5-12,15-16,21H,13-14H2,1-4H3,(H,27,28)/t21-/m0/s1. The lowest BCUT2D eigenvalue weighted by Gasteiger charge is -2.16. The molecule has 0 fully saturated rings. The SMILES string of the molecule is CC(C)O[C@@H](Cc1ccc(OCc2noc(-c3ccc(C(C)C)cc3)n2)cc1)C(=O)O. The average Bonchev–Trinajstić information content (AvgIpc) is 3.21. The normalized spacial score (nSPS) is 12.3. The summed E-state index contributed by atoms with van der Waals surface area (Å²) in [6.45, 7) is 8.09. The Bertz CT molecular complexity index is 978. The van der Waals surface area contributed by atoms with Crippen molar-refractivity contribution in [2.45, 2.75) is 58.8 Å². The van der Waals surface area contributed by atoms with Gasteiger partial charge in [-0.2, -0.15) is 4.98 Å². The number of aromatic nitrogens is 2. The van der Waals surface area contributed by atoms with Crippen molar-refractivity contribution in [3.8, 4) is 17.2 Å². The number of hydrogen-bond donors (Lipinski definition) is 1. The van der Waals surface area contributed by atoms with Crippen LogP contribution < -0.4 is 4.74 Å². The molecule has 7 nitrogen and oxygen atoms in total. The Kier molecular flexibility index (Phi) is 7.41. The maximum Gasteiger partial charge on any atom is 0.333 e. The van der Waals surface area contributed by atoms with Crippen molar-refractivity contribution in [3.05, 3.63) is 65.5 Å². The molecule has 3 rings (SSSR count). The number of rotatable bonds is 10. The van der Waals surface area contributed by atoms with Crippen molar-refractivity contribution in [2.75, 3.05) is 0 Å². The molecule has 2 aromatic carbocycles. The van der Waals surface area contributed by atoms with E-state index >= 15 is 0 Å². The minimum Gasteiger partial charge on any atom is -0.485 e. The Morgan fingerprint density at radius 3 is 2.29 bits per heavy atom. The van der Waals surface area contributed by atoms with Crippen LogP contribution in [0, 0.1) is 0 Å². The molecule has 7 heteroatoms. The molecule has 0 spiro atoms.